The maximum atomic E-state index is 12.2. The second kappa shape index (κ2) is 5.91. The molecule has 21 heavy (non-hydrogen) atoms. The third kappa shape index (κ3) is 3.54. The number of nitrogens with zero attached hydrogens (tertiary/aromatic N) is 1. The minimum atomic E-state index is -3.75. The number of aryl methyl sites for hydroxylation is 1. The average Bonchev–Trinajstić information content (AvgIpc) is 2.80. The quantitative estimate of drug-likeness (QED) is 0.603. The Labute approximate surface area is 138 Å². The highest BCUT2D eigenvalue weighted by atomic mass is 79.9. The van der Waals surface area contributed by atoms with E-state index in [0.717, 1.165) is 11.3 Å². The number of nitro groups is 1. The van der Waals surface area contributed by atoms with Crippen LogP contribution in [0.4, 0.5) is 11.4 Å². The Morgan fingerprint density at radius 1 is 1.38 bits per heavy atom. The van der Waals surface area contributed by atoms with Crippen molar-refractivity contribution in [3.63, 3.8) is 0 Å². The molecule has 0 aliphatic heterocycles. The van der Waals surface area contributed by atoms with Gasteiger partial charge in [-0.25, -0.2) is 8.42 Å². The Hall–Kier alpha value is -1.16. The van der Waals surface area contributed by atoms with Crippen LogP contribution in [0.3, 0.4) is 0 Å². The average molecular weight is 412 g/mol. The Morgan fingerprint density at radius 3 is 2.57 bits per heavy atom. The molecule has 1 N–H and O–H groups in total. The first-order valence-corrected chi connectivity index (χ1v) is 8.90. The van der Waals surface area contributed by atoms with Crippen LogP contribution >= 0.6 is 38.9 Å². The number of nitrogens with one attached hydrogen (secondary N) is 1. The molecular weight excluding hydrogens is 404 g/mol. The van der Waals surface area contributed by atoms with Crippen LogP contribution in [0.15, 0.2) is 32.3 Å². The molecule has 0 radical (unpaired) electrons. The minimum Gasteiger partial charge on any atom is -0.279 e. The van der Waals surface area contributed by atoms with E-state index >= 15 is 0 Å². The van der Waals surface area contributed by atoms with Crippen molar-refractivity contribution in [1.82, 2.24) is 0 Å². The third-order valence-electron chi connectivity index (χ3n) is 2.55. The van der Waals surface area contributed by atoms with Gasteiger partial charge < -0.3 is 0 Å². The van der Waals surface area contributed by atoms with E-state index < -0.39 is 14.9 Å². The van der Waals surface area contributed by atoms with Crippen molar-refractivity contribution >= 4 is 60.3 Å². The monoisotopic (exact) mass is 410 g/mol. The van der Waals surface area contributed by atoms with E-state index in [2.05, 4.69) is 20.7 Å². The van der Waals surface area contributed by atoms with Gasteiger partial charge >= 0.3 is 0 Å². The van der Waals surface area contributed by atoms with Crippen LogP contribution in [0.2, 0.25) is 5.02 Å². The molecular formula is C11H8BrClN2O4S2. The van der Waals surface area contributed by atoms with Gasteiger partial charge in [0.1, 0.15) is 9.23 Å². The molecule has 2 aromatic rings. The molecule has 0 aliphatic carbocycles. The van der Waals surface area contributed by atoms with E-state index in [4.69, 9.17) is 11.6 Å². The number of hydrogen-bond donors (Lipinski definition) is 1. The molecule has 10 heteroatoms. The van der Waals surface area contributed by atoms with E-state index in [1.807, 2.05) is 0 Å². The zero-order chi connectivity index (χ0) is 15.8. The highest BCUT2D eigenvalue weighted by Crippen LogP contribution is 2.33. The van der Waals surface area contributed by atoms with Gasteiger partial charge in [0.15, 0.2) is 0 Å². The van der Waals surface area contributed by atoms with Gasteiger partial charge in [0.05, 0.1) is 14.4 Å². The molecule has 0 amide bonds. The molecule has 0 saturated carbocycles. The van der Waals surface area contributed by atoms with E-state index in [-0.39, 0.29) is 20.6 Å². The predicted molar refractivity (Wildman–Crippen MR) is 85.7 cm³/mol. The van der Waals surface area contributed by atoms with Crippen LogP contribution in [0, 0.1) is 17.0 Å². The fourth-order valence-electron chi connectivity index (χ4n) is 1.55. The van der Waals surface area contributed by atoms with E-state index in [1.165, 1.54) is 18.2 Å². The molecule has 0 spiro atoms. The van der Waals surface area contributed by atoms with Crippen LogP contribution in [0.25, 0.3) is 0 Å². The van der Waals surface area contributed by atoms with Crippen molar-refractivity contribution in [2.24, 2.45) is 0 Å². The first-order valence-electron chi connectivity index (χ1n) is 5.43. The first-order chi connectivity index (χ1) is 9.70. The Bertz CT molecular complexity index is 820. The molecule has 0 aliphatic rings. The van der Waals surface area contributed by atoms with E-state index in [9.17, 15) is 18.5 Å². The lowest BCUT2D eigenvalue weighted by atomic mass is 10.2. The van der Waals surface area contributed by atoms with Crippen molar-refractivity contribution in [1.29, 1.82) is 0 Å². The molecule has 112 valence electrons. The zero-order valence-electron chi connectivity index (χ0n) is 10.5. The number of anilines is 1. The Morgan fingerprint density at radius 2 is 2.05 bits per heavy atom. The van der Waals surface area contributed by atoms with Gasteiger partial charge in [-0.3, -0.25) is 14.8 Å². The molecule has 2 rings (SSSR count). The second-order valence-corrected chi connectivity index (χ2v) is 8.82. The fraction of sp³-hybridized carbons (Fsp3) is 0.0909. The van der Waals surface area contributed by atoms with Gasteiger partial charge in [-0.2, -0.15) is 0 Å². The minimum absolute atomic E-state index is 0.128. The van der Waals surface area contributed by atoms with Crippen molar-refractivity contribution < 1.29 is 13.3 Å². The maximum Gasteiger partial charge on any atom is 0.288 e. The van der Waals surface area contributed by atoms with Crippen molar-refractivity contribution in [3.05, 3.63) is 48.8 Å². The van der Waals surface area contributed by atoms with Crippen molar-refractivity contribution in [2.45, 2.75) is 11.1 Å². The summed E-state index contributed by atoms with van der Waals surface area (Å²) in [4.78, 5) is 10.2. The largest absolute Gasteiger partial charge is 0.288 e. The third-order valence-corrected chi connectivity index (χ3v) is 6.33. The topological polar surface area (TPSA) is 89.3 Å². The number of thiophene rings is 1. The van der Waals surface area contributed by atoms with Crippen LogP contribution in [0.5, 0.6) is 0 Å². The van der Waals surface area contributed by atoms with Gasteiger partial charge in [0, 0.05) is 6.07 Å². The van der Waals surface area contributed by atoms with Crippen molar-refractivity contribution in [2.75, 3.05) is 4.72 Å². The number of hydrogen-bond acceptors (Lipinski definition) is 5. The number of sulfonamides is 1. The normalized spacial score (nSPS) is 11.4. The highest BCUT2D eigenvalue weighted by molar-refractivity contribution is 9.11. The predicted octanol–water partition coefficient (Wildman–Crippen LogP) is 4.18. The molecule has 0 saturated heterocycles. The number of benzene rings is 1. The van der Waals surface area contributed by atoms with Gasteiger partial charge in [-0.05, 0) is 46.6 Å². The van der Waals surface area contributed by atoms with E-state index in [0.29, 0.717) is 9.35 Å². The number of nitro benzene ring substituents is 1. The fourth-order valence-corrected chi connectivity index (χ4v) is 4.92. The van der Waals surface area contributed by atoms with Gasteiger partial charge in [-0.15, -0.1) is 11.3 Å². The summed E-state index contributed by atoms with van der Waals surface area (Å²) in [5, 5.41) is 10.6. The van der Waals surface area contributed by atoms with E-state index in [1.54, 1.807) is 13.0 Å². The first kappa shape index (κ1) is 16.2. The number of rotatable bonds is 4. The van der Waals surface area contributed by atoms with Gasteiger partial charge in [0.25, 0.3) is 15.7 Å². The molecule has 1 aromatic carbocycles. The van der Waals surface area contributed by atoms with Gasteiger partial charge in [-0.1, -0.05) is 11.6 Å². The lowest BCUT2D eigenvalue weighted by Crippen LogP contribution is -2.12. The molecule has 0 bridgehead atoms. The standard InChI is InChI=1S/C11H8BrClN2O4S2/c1-6-4-9(15(16)17)7(13)5-8(6)14-21(18,19)11-3-2-10(12)20-11/h2-5,14H,1H3. The summed E-state index contributed by atoms with van der Waals surface area (Å²) in [6.45, 7) is 1.56. The highest BCUT2D eigenvalue weighted by Gasteiger charge is 2.20. The lowest BCUT2D eigenvalue weighted by molar-refractivity contribution is -0.384. The molecule has 0 unspecified atom stereocenters. The Balaban J connectivity index is 2.40. The number of halogens is 2. The molecule has 0 fully saturated rings. The summed E-state index contributed by atoms with van der Waals surface area (Å²) in [7, 11) is -3.75. The summed E-state index contributed by atoms with van der Waals surface area (Å²) in [5.74, 6) is 0. The zero-order valence-corrected chi connectivity index (χ0v) is 14.4. The summed E-state index contributed by atoms with van der Waals surface area (Å²) < 4.78 is 27.6. The summed E-state index contributed by atoms with van der Waals surface area (Å²) in [6, 6.07) is 5.54. The second-order valence-electron chi connectivity index (χ2n) is 4.04. The lowest BCUT2D eigenvalue weighted by Gasteiger charge is -2.10. The summed E-state index contributed by atoms with van der Waals surface area (Å²) in [6.07, 6.45) is 0. The van der Waals surface area contributed by atoms with Crippen LogP contribution < -0.4 is 4.72 Å². The summed E-state index contributed by atoms with van der Waals surface area (Å²) >= 11 is 10.0. The van der Waals surface area contributed by atoms with Crippen LogP contribution in [-0.4, -0.2) is 13.3 Å². The SMILES string of the molecule is Cc1cc([N+](=O)[O-])c(Cl)cc1NS(=O)(=O)c1ccc(Br)s1. The van der Waals surface area contributed by atoms with Crippen molar-refractivity contribution in [3.8, 4) is 0 Å². The smallest absolute Gasteiger partial charge is 0.279 e. The molecule has 6 nitrogen and oxygen atoms in total. The van der Waals surface area contributed by atoms with Crippen LogP contribution in [0.1, 0.15) is 5.56 Å². The van der Waals surface area contributed by atoms with Crippen LogP contribution in [-0.2, 0) is 10.0 Å². The molecule has 1 aromatic heterocycles. The van der Waals surface area contributed by atoms with Gasteiger partial charge in [0.2, 0.25) is 0 Å². The maximum absolute atomic E-state index is 12.2. The molecule has 0 atom stereocenters. The summed E-state index contributed by atoms with van der Waals surface area (Å²) in [5.41, 5.74) is 0.344. The molecule has 1 heterocycles. The Kier molecular flexibility index (Phi) is 4.57.